The van der Waals surface area contributed by atoms with Gasteiger partial charge in [-0.15, -0.1) is 0 Å². The van der Waals surface area contributed by atoms with E-state index in [2.05, 4.69) is 0 Å². The van der Waals surface area contributed by atoms with Crippen molar-refractivity contribution >= 4 is 15.8 Å². The molecule has 0 bridgehead atoms. The van der Waals surface area contributed by atoms with Crippen molar-refractivity contribution in [3.63, 3.8) is 0 Å². The molecular weight excluding hydrogens is 244 g/mol. The molecule has 17 heavy (non-hydrogen) atoms. The molecule has 0 heterocycles. The Labute approximate surface area is 100.0 Å². The number of carbonyl (C=O) groups is 1. The van der Waals surface area contributed by atoms with Gasteiger partial charge in [-0.3, -0.25) is 0 Å². The van der Waals surface area contributed by atoms with Gasteiger partial charge in [0.15, 0.2) is 16.4 Å². The maximum absolute atomic E-state index is 11.8. The first kappa shape index (κ1) is 13.5. The van der Waals surface area contributed by atoms with Crippen LogP contribution in [0.4, 0.5) is 0 Å². The van der Waals surface area contributed by atoms with Gasteiger partial charge in [-0.25, -0.2) is 13.2 Å². The number of rotatable bonds is 5. The third-order valence-electron chi connectivity index (χ3n) is 2.14. The standard InChI is InChI=1S/C11H14O5S/c1-8(2)17(14,15)10-5-3-9(4-6-10)16-7-11(12)13/h3-6,8H,7H2,1-2H3,(H,12,13). The molecular formula is C11H14O5S. The monoisotopic (exact) mass is 258 g/mol. The average molecular weight is 258 g/mol. The van der Waals surface area contributed by atoms with Crippen LogP contribution in [0.2, 0.25) is 0 Å². The van der Waals surface area contributed by atoms with Crippen LogP contribution >= 0.6 is 0 Å². The van der Waals surface area contributed by atoms with Crippen LogP contribution in [0.5, 0.6) is 5.75 Å². The van der Waals surface area contributed by atoms with E-state index < -0.39 is 27.7 Å². The summed E-state index contributed by atoms with van der Waals surface area (Å²) in [5.74, 6) is -0.751. The molecule has 1 rings (SSSR count). The number of hydrogen-bond acceptors (Lipinski definition) is 4. The first-order valence-corrected chi connectivity index (χ1v) is 6.57. The quantitative estimate of drug-likeness (QED) is 0.861. The summed E-state index contributed by atoms with van der Waals surface area (Å²) in [5, 5.41) is 7.92. The van der Waals surface area contributed by atoms with E-state index in [1.807, 2.05) is 0 Å². The van der Waals surface area contributed by atoms with Crippen molar-refractivity contribution < 1.29 is 23.1 Å². The van der Waals surface area contributed by atoms with Crippen LogP contribution in [0.3, 0.4) is 0 Å². The summed E-state index contributed by atoms with van der Waals surface area (Å²) in [6.07, 6.45) is 0. The first-order valence-electron chi connectivity index (χ1n) is 5.02. The molecule has 0 saturated carbocycles. The number of aliphatic carboxylic acids is 1. The maximum Gasteiger partial charge on any atom is 0.341 e. The Morgan fingerprint density at radius 1 is 1.29 bits per heavy atom. The minimum Gasteiger partial charge on any atom is -0.482 e. The normalized spacial score (nSPS) is 11.5. The van der Waals surface area contributed by atoms with E-state index in [1.165, 1.54) is 24.3 Å². The highest BCUT2D eigenvalue weighted by Crippen LogP contribution is 2.19. The third kappa shape index (κ3) is 3.45. The molecule has 6 heteroatoms. The number of hydrogen-bond donors (Lipinski definition) is 1. The predicted octanol–water partition coefficient (Wildman–Crippen LogP) is 1.33. The number of ether oxygens (including phenoxy) is 1. The summed E-state index contributed by atoms with van der Waals surface area (Å²) < 4.78 is 28.5. The molecule has 1 N–H and O–H groups in total. The van der Waals surface area contributed by atoms with Gasteiger partial charge in [-0.1, -0.05) is 0 Å². The van der Waals surface area contributed by atoms with Gasteiger partial charge in [0.2, 0.25) is 0 Å². The van der Waals surface area contributed by atoms with Gasteiger partial charge < -0.3 is 9.84 Å². The highest BCUT2D eigenvalue weighted by Gasteiger charge is 2.18. The van der Waals surface area contributed by atoms with Crippen molar-refractivity contribution in [2.75, 3.05) is 6.61 Å². The molecule has 1 aromatic carbocycles. The number of carboxylic acids is 1. The Morgan fingerprint density at radius 2 is 1.82 bits per heavy atom. The summed E-state index contributed by atoms with van der Waals surface area (Å²) in [4.78, 5) is 10.5. The van der Waals surface area contributed by atoms with Gasteiger partial charge in [-0.2, -0.15) is 0 Å². The lowest BCUT2D eigenvalue weighted by atomic mass is 10.3. The van der Waals surface area contributed by atoms with Crippen LogP contribution < -0.4 is 4.74 Å². The largest absolute Gasteiger partial charge is 0.482 e. The second kappa shape index (κ2) is 5.18. The van der Waals surface area contributed by atoms with Crippen molar-refractivity contribution in [2.45, 2.75) is 24.0 Å². The zero-order valence-electron chi connectivity index (χ0n) is 9.58. The molecule has 0 amide bonds. The van der Waals surface area contributed by atoms with E-state index >= 15 is 0 Å². The molecule has 5 nitrogen and oxygen atoms in total. The summed E-state index contributed by atoms with van der Waals surface area (Å²) in [6, 6.07) is 5.70. The third-order valence-corrected chi connectivity index (χ3v) is 4.31. The molecule has 94 valence electrons. The average Bonchev–Trinajstić information content (AvgIpc) is 2.26. The molecule has 0 aliphatic carbocycles. The van der Waals surface area contributed by atoms with E-state index in [-0.39, 0.29) is 4.90 Å². The van der Waals surface area contributed by atoms with Crippen LogP contribution in [0.25, 0.3) is 0 Å². The Balaban J connectivity index is 2.85. The Kier molecular flexibility index (Phi) is 4.11. The maximum atomic E-state index is 11.8. The van der Waals surface area contributed by atoms with E-state index in [0.29, 0.717) is 5.75 Å². The minimum atomic E-state index is -3.30. The van der Waals surface area contributed by atoms with E-state index in [1.54, 1.807) is 13.8 Å². The number of benzene rings is 1. The Morgan fingerprint density at radius 3 is 2.24 bits per heavy atom. The zero-order chi connectivity index (χ0) is 13.1. The molecule has 1 aromatic rings. The molecule has 0 aliphatic heterocycles. The van der Waals surface area contributed by atoms with Crippen molar-refractivity contribution in [3.8, 4) is 5.75 Å². The topological polar surface area (TPSA) is 80.7 Å². The molecule has 0 aliphatic rings. The second-order valence-electron chi connectivity index (χ2n) is 3.75. The van der Waals surface area contributed by atoms with Gasteiger partial charge in [0, 0.05) is 0 Å². The Bertz CT molecular complexity index is 487. The van der Waals surface area contributed by atoms with Crippen LogP contribution in [-0.4, -0.2) is 31.4 Å². The molecule has 0 fully saturated rings. The Hall–Kier alpha value is -1.56. The lowest BCUT2D eigenvalue weighted by Gasteiger charge is -2.08. The fourth-order valence-corrected chi connectivity index (χ4v) is 2.20. The van der Waals surface area contributed by atoms with E-state index in [0.717, 1.165) is 0 Å². The SMILES string of the molecule is CC(C)S(=O)(=O)c1ccc(OCC(=O)O)cc1. The zero-order valence-corrected chi connectivity index (χ0v) is 10.4. The minimum absolute atomic E-state index is 0.204. The van der Waals surface area contributed by atoms with Crippen molar-refractivity contribution in [1.29, 1.82) is 0 Å². The summed E-state index contributed by atoms with van der Waals surface area (Å²) >= 11 is 0. The van der Waals surface area contributed by atoms with Gasteiger partial charge in [0.05, 0.1) is 10.1 Å². The first-order chi connectivity index (χ1) is 7.84. The molecule has 0 spiro atoms. The van der Waals surface area contributed by atoms with Crippen LogP contribution in [0.15, 0.2) is 29.2 Å². The van der Waals surface area contributed by atoms with Gasteiger partial charge in [0.25, 0.3) is 0 Å². The molecule has 0 radical (unpaired) electrons. The summed E-state index contributed by atoms with van der Waals surface area (Å²) in [7, 11) is -3.30. The molecule has 0 unspecified atom stereocenters. The van der Waals surface area contributed by atoms with Crippen molar-refractivity contribution in [1.82, 2.24) is 0 Å². The van der Waals surface area contributed by atoms with Gasteiger partial charge in [0.1, 0.15) is 5.75 Å². The summed E-state index contributed by atoms with van der Waals surface area (Å²) in [5.41, 5.74) is 0. The lowest BCUT2D eigenvalue weighted by molar-refractivity contribution is -0.139. The van der Waals surface area contributed by atoms with Crippen LogP contribution in [-0.2, 0) is 14.6 Å². The molecule has 0 saturated heterocycles. The van der Waals surface area contributed by atoms with Gasteiger partial charge in [-0.05, 0) is 38.1 Å². The fraction of sp³-hybridized carbons (Fsp3) is 0.364. The fourth-order valence-electron chi connectivity index (χ4n) is 1.14. The van der Waals surface area contributed by atoms with Gasteiger partial charge >= 0.3 is 5.97 Å². The highest BCUT2D eigenvalue weighted by molar-refractivity contribution is 7.92. The van der Waals surface area contributed by atoms with E-state index in [9.17, 15) is 13.2 Å². The lowest BCUT2D eigenvalue weighted by Crippen LogP contribution is -2.14. The number of carboxylic acid groups (broad SMARTS) is 1. The summed E-state index contributed by atoms with van der Waals surface area (Å²) in [6.45, 7) is 2.75. The van der Waals surface area contributed by atoms with Crippen LogP contribution in [0, 0.1) is 0 Å². The smallest absolute Gasteiger partial charge is 0.341 e. The predicted molar refractivity (Wildman–Crippen MR) is 61.9 cm³/mol. The van der Waals surface area contributed by atoms with Crippen molar-refractivity contribution in [3.05, 3.63) is 24.3 Å². The highest BCUT2D eigenvalue weighted by atomic mass is 32.2. The van der Waals surface area contributed by atoms with Crippen molar-refractivity contribution in [2.24, 2.45) is 0 Å². The van der Waals surface area contributed by atoms with E-state index in [4.69, 9.17) is 9.84 Å². The molecule has 0 aromatic heterocycles. The van der Waals surface area contributed by atoms with Crippen LogP contribution in [0.1, 0.15) is 13.8 Å². The second-order valence-corrected chi connectivity index (χ2v) is 6.25. The molecule has 0 atom stereocenters. The number of sulfone groups is 1.